The minimum atomic E-state index is -0.322. The fraction of sp³-hybridized carbons (Fsp3) is 0.500. The highest BCUT2D eigenvalue weighted by Crippen LogP contribution is 2.22. The lowest BCUT2D eigenvalue weighted by Crippen LogP contribution is -2.30. The smallest absolute Gasteiger partial charge is 0.230 e. The van der Waals surface area contributed by atoms with E-state index < -0.39 is 0 Å². The molecule has 0 atom stereocenters. The molecule has 1 aromatic rings. The second kappa shape index (κ2) is 4.43. The second-order valence-electron chi connectivity index (χ2n) is 4.38. The average Bonchev–Trinajstić information content (AvgIpc) is 2.17. The molecule has 0 fully saturated rings. The summed E-state index contributed by atoms with van der Waals surface area (Å²) in [4.78, 5) is 15.9. The Labute approximate surface area is 90.9 Å². The molecule has 0 saturated carbocycles. The largest absolute Gasteiger partial charge is 0.326 e. The van der Waals surface area contributed by atoms with Gasteiger partial charge in [0.05, 0.1) is 0 Å². The first-order chi connectivity index (χ1) is 6.95. The second-order valence-corrected chi connectivity index (χ2v) is 4.38. The van der Waals surface area contributed by atoms with Crippen LogP contribution in [0.4, 0.5) is 5.69 Å². The molecule has 3 nitrogen and oxygen atoms in total. The summed E-state index contributed by atoms with van der Waals surface area (Å²) in [5.41, 5.74) is 1.40. The Morgan fingerprint density at radius 2 is 2.20 bits per heavy atom. The molecule has 82 valence electrons. The van der Waals surface area contributed by atoms with Crippen LogP contribution >= 0.6 is 0 Å². The Kier molecular flexibility index (Phi) is 3.45. The highest BCUT2D eigenvalue weighted by molar-refractivity contribution is 5.94. The number of nitrogens with one attached hydrogen (secondary N) is 1. The predicted molar refractivity (Wildman–Crippen MR) is 61.7 cm³/mol. The summed E-state index contributed by atoms with van der Waals surface area (Å²) in [6.45, 7) is 7.80. The van der Waals surface area contributed by atoms with E-state index in [-0.39, 0.29) is 11.3 Å². The van der Waals surface area contributed by atoms with Crippen LogP contribution in [0.2, 0.25) is 0 Å². The van der Waals surface area contributed by atoms with E-state index in [1.807, 2.05) is 33.8 Å². The predicted octanol–water partition coefficient (Wildman–Crippen LogP) is 2.76. The van der Waals surface area contributed by atoms with E-state index in [0.717, 1.165) is 17.8 Å². The van der Waals surface area contributed by atoms with Crippen LogP contribution < -0.4 is 5.32 Å². The number of carbonyl (C=O) groups excluding carboxylic acids is 1. The maximum atomic E-state index is 11.8. The zero-order valence-corrected chi connectivity index (χ0v) is 9.79. The molecular formula is C12H18N2O. The number of carbonyl (C=O) groups is 1. The molecule has 0 aromatic carbocycles. The highest BCUT2D eigenvalue weighted by Gasteiger charge is 2.25. The molecule has 1 amide bonds. The molecule has 0 spiro atoms. The third kappa shape index (κ3) is 3.05. The summed E-state index contributed by atoms with van der Waals surface area (Å²) < 4.78 is 0. The van der Waals surface area contributed by atoms with Gasteiger partial charge < -0.3 is 5.32 Å². The topological polar surface area (TPSA) is 42.0 Å². The van der Waals surface area contributed by atoms with Gasteiger partial charge in [0.15, 0.2) is 0 Å². The van der Waals surface area contributed by atoms with Gasteiger partial charge >= 0.3 is 0 Å². The van der Waals surface area contributed by atoms with Crippen molar-refractivity contribution in [3.8, 4) is 0 Å². The molecule has 3 heteroatoms. The first-order valence-electron chi connectivity index (χ1n) is 5.20. The lowest BCUT2D eigenvalue weighted by molar-refractivity contribution is -0.124. The van der Waals surface area contributed by atoms with Gasteiger partial charge in [-0.05, 0) is 25.5 Å². The lowest BCUT2D eigenvalue weighted by atomic mass is 9.89. The molecule has 0 aliphatic heterocycles. The number of nitrogens with zero attached hydrogens (tertiary/aromatic N) is 1. The molecule has 0 saturated heterocycles. The van der Waals surface area contributed by atoms with E-state index in [1.54, 1.807) is 12.3 Å². The number of hydrogen-bond acceptors (Lipinski definition) is 2. The van der Waals surface area contributed by atoms with Crippen molar-refractivity contribution in [2.45, 2.75) is 34.1 Å². The summed E-state index contributed by atoms with van der Waals surface area (Å²) in [7, 11) is 0. The Balaban J connectivity index is 2.75. The van der Waals surface area contributed by atoms with Gasteiger partial charge in [-0.25, -0.2) is 0 Å². The van der Waals surface area contributed by atoms with Crippen molar-refractivity contribution in [2.24, 2.45) is 5.41 Å². The summed E-state index contributed by atoms with van der Waals surface area (Å²) >= 11 is 0. The molecule has 0 aliphatic rings. The van der Waals surface area contributed by atoms with Crippen LogP contribution in [-0.4, -0.2) is 10.9 Å². The van der Waals surface area contributed by atoms with Crippen LogP contribution in [0.25, 0.3) is 0 Å². The summed E-state index contributed by atoms with van der Waals surface area (Å²) in [6.07, 6.45) is 2.52. The van der Waals surface area contributed by atoms with Crippen LogP contribution in [0.5, 0.6) is 0 Å². The van der Waals surface area contributed by atoms with E-state index in [9.17, 15) is 4.79 Å². The molecule has 0 bridgehead atoms. The number of anilines is 1. The van der Waals surface area contributed by atoms with E-state index >= 15 is 0 Å². The van der Waals surface area contributed by atoms with E-state index in [4.69, 9.17) is 0 Å². The first kappa shape index (κ1) is 11.7. The van der Waals surface area contributed by atoms with Crippen molar-refractivity contribution in [3.63, 3.8) is 0 Å². The maximum absolute atomic E-state index is 11.8. The molecule has 0 radical (unpaired) electrons. The minimum Gasteiger partial charge on any atom is -0.326 e. The highest BCUT2D eigenvalue weighted by atomic mass is 16.2. The molecule has 1 aromatic heterocycles. The van der Waals surface area contributed by atoms with Gasteiger partial charge in [0, 0.05) is 23.0 Å². The molecule has 0 aliphatic carbocycles. The fourth-order valence-corrected chi connectivity index (χ4v) is 1.08. The average molecular weight is 206 g/mol. The van der Waals surface area contributed by atoms with E-state index in [2.05, 4.69) is 10.3 Å². The number of rotatable bonds is 3. The lowest BCUT2D eigenvalue weighted by Gasteiger charge is -2.21. The van der Waals surface area contributed by atoms with Crippen molar-refractivity contribution in [2.75, 3.05) is 5.32 Å². The van der Waals surface area contributed by atoms with Gasteiger partial charge in [0.1, 0.15) is 0 Å². The number of pyridine rings is 1. The van der Waals surface area contributed by atoms with Crippen molar-refractivity contribution >= 4 is 11.6 Å². The van der Waals surface area contributed by atoms with Crippen LogP contribution in [0, 0.1) is 12.3 Å². The maximum Gasteiger partial charge on any atom is 0.230 e. The number of amides is 1. The SMILES string of the molecule is CCC(C)(C)C(=O)Nc1ccnc(C)c1. The Morgan fingerprint density at radius 3 is 2.73 bits per heavy atom. The molecule has 1 heterocycles. The monoisotopic (exact) mass is 206 g/mol. The van der Waals surface area contributed by atoms with Gasteiger partial charge in [-0.1, -0.05) is 20.8 Å². The van der Waals surface area contributed by atoms with Crippen LogP contribution in [0.15, 0.2) is 18.3 Å². The van der Waals surface area contributed by atoms with Gasteiger partial charge in [-0.15, -0.1) is 0 Å². The normalized spacial score (nSPS) is 11.2. The molecule has 1 rings (SSSR count). The van der Waals surface area contributed by atoms with Crippen molar-refractivity contribution in [1.29, 1.82) is 0 Å². The summed E-state index contributed by atoms with van der Waals surface area (Å²) in [6, 6.07) is 3.67. The van der Waals surface area contributed by atoms with E-state index in [0.29, 0.717) is 0 Å². The molecular weight excluding hydrogens is 188 g/mol. The standard InChI is InChI=1S/C12H18N2O/c1-5-12(3,4)11(15)14-10-6-7-13-9(2)8-10/h6-8H,5H2,1-4H3,(H,13,14,15). The van der Waals surface area contributed by atoms with Gasteiger partial charge in [-0.2, -0.15) is 0 Å². The zero-order valence-electron chi connectivity index (χ0n) is 9.79. The van der Waals surface area contributed by atoms with Crippen LogP contribution in [-0.2, 0) is 4.79 Å². The first-order valence-corrected chi connectivity index (χ1v) is 5.20. The third-order valence-corrected chi connectivity index (χ3v) is 2.65. The molecule has 0 unspecified atom stereocenters. The fourth-order valence-electron chi connectivity index (χ4n) is 1.08. The molecule has 1 N–H and O–H groups in total. The van der Waals surface area contributed by atoms with Crippen LogP contribution in [0.1, 0.15) is 32.9 Å². The molecule has 15 heavy (non-hydrogen) atoms. The Bertz CT molecular complexity index is 358. The van der Waals surface area contributed by atoms with E-state index in [1.165, 1.54) is 0 Å². The van der Waals surface area contributed by atoms with Crippen molar-refractivity contribution < 1.29 is 4.79 Å². The number of aromatic nitrogens is 1. The van der Waals surface area contributed by atoms with Gasteiger partial charge in [0.25, 0.3) is 0 Å². The van der Waals surface area contributed by atoms with Crippen molar-refractivity contribution in [3.05, 3.63) is 24.0 Å². The Hall–Kier alpha value is -1.38. The quantitative estimate of drug-likeness (QED) is 0.826. The summed E-state index contributed by atoms with van der Waals surface area (Å²) in [5.74, 6) is 0.0515. The van der Waals surface area contributed by atoms with Gasteiger partial charge in [0.2, 0.25) is 5.91 Å². The zero-order chi connectivity index (χ0) is 11.5. The number of aryl methyl sites for hydroxylation is 1. The van der Waals surface area contributed by atoms with Crippen molar-refractivity contribution in [1.82, 2.24) is 4.98 Å². The Morgan fingerprint density at radius 1 is 1.53 bits per heavy atom. The van der Waals surface area contributed by atoms with Gasteiger partial charge in [-0.3, -0.25) is 9.78 Å². The van der Waals surface area contributed by atoms with Crippen LogP contribution in [0.3, 0.4) is 0 Å². The minimum absolute atomic E-state index is 0.0515. The number of hydrogen-bond donors (Lipinski definition) is 1. The summed E-state index contributed by atoms with van der Waals surface area (Å²) in [5, 5.41) is 2.90. The third-order valence-electron chi connectivity index (χ3n) is 2.65.